The van der Waals surface area contributed by atoms with E-state index in [4.69, 9.17) is 17.3 Å². The Balaban J connectivity index is 1.68. The van der Waals surface area contributed by atoms with Gasteiger partial charge in [0.2, 0.25) is 0 Å². The quantitative estimate of drug-likeness (QED) is 0.686. The van der Waals surface area contributed by atoms with E-state index in [0.717, 1.165) is 23.7 Å². The van der Waals surface area contributed by atoms with E-state index in [1.165, 1.54) is 0 Å². The zero-order chi connectivity index (χ0) is 17.5. The lowest BCUT2D eigenvalue weighted by molar-refractivity contribution is -0.00651. The largest absolute Gasteiger partial charge is 0.390 e. The van der Waals surface area contributed by atoms with Gasteiger partial charge in [0.1, 0.15) is 5.69 Å². The minimum absolute atomic E-state index is 0.0777. The molecule has 0 saturated heterocycles. The van der Waals surface area contributed by atoms with Crippen LogP contribution in [0, 0.1) is 5.92 Å². The van der Waals surface area contributed by atoms with Gasteiger partial charge in [0.25, 0.3) is 5.91 Å². The molecule has 1 fully saturated rings. The highest BCUT2D eigenvalue weighted by Crippen LogP contribution is 2.32. The van der Waals surface area contributed by atoms with E-state index >= 15 is 0 Å². The number of carbonyl (C=O) groups is 1. The van der Waals surface area contributed by atoms with Crippen LogP contribution in [0.3, 0.4) is 0 Å². The van der Waals surface area contributed by atoms with Crippen molar-refractivity contribution >= 4 is 28.4 Å². The molecule has 3 rings (SSSR count). The first-order chi connectivity index (χ1) is 11.2. The molecule has 24 heavy (non-hydrogen) atoms. The number of rotatable bonds is 3. The van der Waals surface area contributed by atoms with Crippen molar-refractivity contribution < 1.29 is 9.90 Å². The number of nitrogens with one attached hydrogen (secondary N) is 2. The first-order valence-corrected chi connectivity index (χ1v) is 8.69. The molecule has 6 heteroatoms. The number of hydrogen-bond acceptors (Lipinski definition) is 3. The SMILES string of the molecule is CC(C)(O)[C@@H]1CCC(NC(=O)c2cc3cc(Cl)ccc3[nH]2)C(N)C1. The number of carbonyl (C=O) groups excluding carboxylic acids is 1. The van der Waals surface area contributed by atoms with Crippen LogP contribution in [0.25, 0.3) is 10.9 Å². The van der Waals surface area contributed by atoms with Crippen molar-refractivity contribution in [3.63, 3.8) is 0 Å². The van der Waals surface area contributed by atoms with Gasteiger partial charge in [-0.25, -0.2) is 0 Å². The molecule has 1 heterocycles. The summed E-state index contributed by atoms with van der Waals surface area (Å²) in [5, 5.41) is 14.7. The lowest BCUT2D eigenvalue weighted by atomic mass is 9.75. The van der Waals surface area contributed by atoms with Gasteiger partial charge in [0, 0.05) is 28.0 Å². The van der Waals surface area contributed by atoms with Crippen molar-refractivity contribution in [1.29, 1.82) is 0 Å². The van der Waals surface area contributed by atoms with Crippen LogP contribution in [0.4, 0.5) is 0 Å². The number of nitrogens with two attached hydrogens (primary N) is 1. The Bertz CT molecular complexity index is 750. The first-order valence-electron chi connectivity index (χ1n) is 8.31. The van der Waals surface area contributed by atoms with Gasteiger partial charge in [-0.3, -0.25) is 4.79 Å². The van der Waals surface area contributed by atoms with Crippen LogP contribution in [-0.2, 0) is 0 Å². The zero-order valence-electron chi connectivity index (χ0n) is 14.0. The van der Waals surface area contributed by atoms with Gasteiger partial charge < -0.3 is 21.1 Å². The van der Waals surface area contributed by atoms with Crippen molar-refractivity contribution in [2.45, 2.75) is 50.8 Å². The third-order valence-electron chi connectivity index (χ3n) is 5.04. The van der Waals surface area contributed by atoms with Crippen LogP contribution in [-0.4, -0.2) is 33.7 Å². The summed E-state index contributed by atoms with van der Waals surface area (Å²) in [5.74, 6) is 0.000325. The van der Waals surface area contributed by atoms with Crippen LogP contribution in [0.5, 0.6) is 0 Å². The summed E-state index contributed by atoms with van der Waals surface area (Å²) in [5.41, 5.74) is 6.88. The van der Waals surface area contributed by atoms with Gasteiger partial charge >= 0.3 is 0 Å². The predicted molar refractivity (Wildman–Crippen MR) is 96.2 cm³/mol. The molecule has 2 aromatic rings. The van der Waals surface area contributed by atoms with Crippen LogP contribution in [0.15, 0.2) is 24.3 Å². The standard InChI is InChI=1S/C18H24ClN3O2/c1-18(2,24)11-3-5-15(13(20)9-11)22-17(23)16-8-10-7-12(19)4-6-14(10)21-16/h4,6-8,11,13,15,21,24H,3,5,9,20H2,1-2H3,(H,22,23)/t11-,13?,15?/m1/s1. The van der Waals surface area contributed by atoms with E-state index in [1.54, 1.807) is 12.1 Å². The summed E-state index contributed by atoms with van der Waals surface area (Å²) in [7, 11) is 0. The highest BCUT2D eigenvalue weighted by atomic mass is 35.5. The van der Waals surface area contributed by atoms with Crippen LogP contribution in [0.2, 0.25) is 5.02 Å². The van der Waals surface area contributed by atoms with Crippen LogP contribution < -0.4 is 11.1 Å². The molecule has 5 nitrogen and oxygen atoms in total. The molecular formula is C18H24ClN3O2. The number of amides is 1. The maximum atomic E-state index is 12.5. The molecule has 1 aromatic heterocycles. The Hall–Kier alpha value is -1.56. The molecular weight excluding hydrogens is 326 g/mol. The number of benzene rings is 1. The number of aliphatic hydroxyl groups is 1. The van der Waals surface area contributed by atoms with Gasteiger partial charge in [0.15, 0.2) is 0 Å². The molecule has 0 aliphatic heterocycles. The molecule has 130 valence electrons. The number of hydrogen-bond donors (Lipinski definition) is 4. The topological polar surface area (TPSA) is 91.1 Å². The Kier molecular flexibility index (Phi) is 4.60. The third-order valence-corrected chi connectivity index (χ3v) is 5.28. The van der Waals surface area contributed by atoms with Crippen LogP contribution in [0.1, 0.15) is 43.6 Å². The average molecular weight is 350 g/mol. The number of fused-ring (bicyclic) bond motifs is 1. The molecule has 1 aromatic carbocycles. The Morgan fingerprint density at radius 1 is 1.38 bits per heavy atom. The maximum absolute atomic E-state index is 12.5. The fourth-order valence-corrected chi connectivity index (χ4v) is 3.68. The van der Waals surface area contributed by atoms with Crippen molar-refractivity contribution in [1.82, 2.24) is 10.3 Å². The van der Waals surface area contributed by atoms with Crippen molar-refractivity contribution in [2.24, 2.45) is 11.7 Å². The normalized spacial score (nSPS) is 25.0. The highest BCUT2D eigenvalue weighted by molar-refractivity contribution is 6.31. The van der Waals surface area contributed by atoms with Gasteiger partial charge in [0.05, 0.1) is 5.60 Å². The second-order valence-electron chi connectivity index (χ2n) is 7.32. The Morgan fingerprint density at radius 3 is 2.79 bits per heavy atom. The lowest BCUT2D eigenvalue weighted by Crippen LogP contribution is -2.53. The molecule has 2 unspecified atom stereocenters. The summed E-state index contributed by atoms with van der Waals surface area (Å²) >= 11 is 5.98. The predicted octanol–water partition coefficient (Wildman–Crippen LogP) is 2.82. The third kappa shape index (κ3) is 3.58. The monoisotopic (exact) mass is 349 g/mol. The van der Waals surface area contributed by atoms with E-state index < -0.39 is 5.60 Å². The van der Waals surface area contributed by atoms with Crippen LogP contribution >= 0.6 is 11.6 Å². The van der Waals surface area contributed by atoms with Gasteiger partial charge in [-0.05, 0) is 63.3 Å². The number of H-pyrrole nitrogens is 1. The second-order valence-corrected chi connectivity index (χ2v) is 7.76. The highest BCUT2D eigenvalue weighted by Gasteiger charge is 2.36. The van der Waals surface area contributed by atoms with Gasteiger partial charge in [-0.15, -0.1) is 0 Å². The zero-order valence-corrected chi connectivity index (χ0v) is 14.7. The Morgan fingerprint density at radius 2 is 2.12 bits per heavy atom. The minimum Gasteiger partial charge on any atom is -0.390 e. The molecule has 0 spiro atoms. The molecule has 0 radical (unpaired) electrons. The molecule has 1 aliphatic carbocycles. The Labute approximate surface area is 146 Å². The molecule has 1 amide bonds. The van der Waals surface area contributed by atoms with E-state index in [2.05, 4.69) is 10.3 Å². The molecule has 0 bridgehead atoms. The number of halogens is 1. The van der Waals surface area contributed by atoms with Crippen molar-refractivity contribution in [3.05, 3.63) is 35.0 Å². The molecule has 5 N–H and O–H groups in total. The summed E-state index contributed by atoms with van der Waals surface area (Å²) in [4.78, 5) is 15.6. The molecule has 3 atom stereocenters. The average Bonchev–Trinajstić information content (AvgIpc) is 2.91. The maximum Gasteiger partial charge on any atom is 0.268 e. The fourth-order valence-electron chi connectivity index (χ4n) is 3.50. The second kappa shape index (κ2) is 6.39. The van der Waals surface area contributed by atoms with Gasteiger partial charge in [-0.2, -0.15) is 0 Å². The lowest BCUT2D eigenvalue weighted by Gasteiger charge is -2.39. The van der Waals surface area contributed by atoms with Gasteiger partial charge in [-0.1, -0.05) is 11.6 Å². The first kappa shape index (κ1) is 17.3. The minimum atomic E-state index is -0.733. The number of aromatic amines is 1. The van der Waals surface area contributed by atoms with Crippen molar-refractivity contribution in [2.75, 3.05) is 0 Å². The smallest absolute Gasteiger partial charge is 0.268 e. The summed E-state index contributed by atoms with van der Waals surface area (Å²) in [6.45, 7) is 3.64. The van der Waals surface area contributed by atoms with E-state index in [9.17, 15) is 9.90 Å². The summed E-state index contributed by atoms with van der Waals surface area (Å²) in [6, 6.07) is 7.03. The van der Waals surface area contributed by atoms with E-state index in [0.29, 0.717) is 17.1 Å². The molecule has 1 saturated carbocycles. The number of aromatic nitrogens is 1. The molecule has 1 aliphatic rings. The summed E-state index contributed by atoms with van der Waals surface area (Å²) < 4.78 is 0. The fraction of sp³-hybridized carbons (Fsp3) is 0.500. The summed E-state index contributed by atoms with van der Waals surface area (Å²) in [6.07, 6.45) is 2.33. The van der Waals surface area contributed by atoms with Crippen molar-refractivity contribution in [3.8, 4) is 0 Å². The van der Waals surface area contributed by atoms with E-state index in [-0.39, 0.29) is 23.9 Å². The van der Waals surface area contributed by atoms with E-state index in [1.807, 2.05) is 26.0 Å².